The van der Waals surface area contributed by atoms with E-state index in [0.717, 1.165) is 5.69 Å². The van der Waals surface area contributed by atoms with Gasteiger partial charge in [0, 0.05) is 18.3 Å². The highest BCUT2D eigenvalue weighted by Gasteiger charge is 2.26. The minimum absolute atomic E-state index is 0.628. The molecule has 3 rings (SSSR count). The van der Waals surface area contributed by atoms with Crippen molar-refractivity contribution in [1.29, 1.82) is 0 Å². The Morgan fingerprint density at radius 1 is 1.33 bits per heavy atom. The third-order valence-electron chi connectivity index (χ3n) is 2.56. The molecule has 4 heteroatoms. The number of aromatic nitrogens is 3. The van der Waals surface area contributed by atoms with Crippen molar-refractivity contribution in [3.63, 3.8) is 0 Å². The van der Waals surface area contributed by atoms with E-state index in [4.69, 9.17) is 11.6 Å². The van der Waals surface area contributed by atoms with Crippen LogP contribution in [0.3, 0.4) is 0 Å². The quantitative estimate of drug-likeness (QED) is 0.778. The number of nitrogens with zero attached hydrogens (tertiary/aromatic N) is 3. The summed E-state index contributed by atoms with van der Waals surface area (Å²) in [6.45, 7) is 0. The first-order valence-electron chi connectivity index (χ1n) is 5.01. The molecule has 2 heterocycles. The van der Waals surface area contributed by atoms with E-state index < -0.39 is 0 Å². The smallest absolute Gasteiger partial charge is 0.172 e. The lowest BCUT2D eigenvalue weighted by molar-refractivity contribution is 0.813. The summed E-state index contributed by atoms with van der Waals surface area (Å²) in [5, 5.41) is 5.10. The number of pyridine rings is 1. The van der Waals surface area contributed by atoms with Crippen molar-refractivity contribution in [2.75, 3.05) is 0 Å². The van der Waals surface area contributed by atoms with Gasteiger partial charge in [-0.2, -0.15) is 5.10 Å². The van der Waals surface area contributed by atoms with Crippen LogP contribution in [0.5, 0.6) is 0 Å². The van der Waals surface area contributed by atoms with Gasteiger partial charge in [-0.15, -0.1) is 0 Å². The summed E-state index contributed by atoms with van der Waals surface area (Å²) in [5.41, 5.74) is 1.15. The molecule has 1 saturated carbocycles. The van der Waals surface area contributed by atoms with Crippen LogP contribution in [0.15, 0.2) is 30.6 Å². The Bertz CT molecular complexity index is 488. The van der Waals surface area contributed by atoms with Crippen LogP contribution in [0.2, 0.25) is 5.02 Å². The van der Waals surface area contributed by atoms with Gasteiger partial charge in [0.2, 0.25) is 0 Å². The molecular formula is C11H10ClN3. The van der Waals surface area contributed by atoms with Crippen LogP contribution in [0, 0.1) is 0 Å². The lowest BCUT2D eigenvalue weighted by atomic mass is 10.3. The number of halogens is 1. The molecule has 0 unspecified atom stereocenters. The van der Waals surface area contributed by atoms with E-state index in [1.54, 1.807) is 10.9 Å². The Morgan fingerprint density at radius 2 is 2.20 bits per heavy atom. The minimum atomic E-state index is 0.628. The summed E-state index contributed by atoms with van der Waals surface area (Å²) < 4.78 is 1.75. The van der Waals surface area contributed by atoms with Gasteiger partial charge < -0.3 is 0 Å². The second-order valence-electron chi connectivity index (χ2n) is 3.77. The Balaban J connectivity index is 2.01. The van der Waals surface area contributed by atoms with Crippen molar-refractivity contribution in [3.8, 4) is 5.82 Å². The lowest BCUT2D eigenvalue weighted by Crippen LogP contribution is -1.99. The summed E-state index contributed by atoms with van der Waals surface area (Å²) in [7, 11) is 0. The largest absolute Gasteiger partial charge is 0.236 e. The summed E-state index contributed by atoms with van der Waals surface area (Å²) in [4.78, 5) is 4.21. The molecule has 0 amide bonds. The van der Waals surface area contributed by atoms with Gasteiger partial charge in [0.25, 0.3) is 0 Å². The molecule has 0 saturated heterocycles. The fourth-order valence-electron chi connectivity index (χ4n) is 1.60. The maximum absolute atomic E-state index is 6.04. The first-order valence-corrected chi connectivity index (χ1v) is 5.39. The average molecular weight is 220 g/mol. The molecule has 0 aliphatic heterocycles. The standard InChI is InChI=1S/C11H10ClN3/c12-9-2-1-6-13-11(9)15-7-5-10(14-15)8-3-4-8/h1-2,5-8H,3-4H2. The van der Waals surface area contributed by atoms with Crippen molar-refractivity contribution in [2.24, 2.45) is 0 Å². The van der Waals surface area contributed by atoms with Gasteiger partial charge in [-0.05, 0) is 31.0 Å². The van der Waals surface area contributed by atoms with Gasteiger partial charge in [0.15, 0.2) is 5.82 Å². The zero-order valence-electron chi connectivity index (χ0n) is 8.10. The molecule has 3 nitrogen and oxygen atoms in total. The van der Waals surface area contributed by atoms with Gasteiger partial charge >= 0.3 is 0 Å². The van der Waals surface area contributed by atoms with E-state index in [1.165, 1.54) is 12.8 Å². The van der Waals surface area contributed by atoms with E-state index in [0.29, 0.717) is 16.8 Å². The predicted octanol–water partition coefficient (Wildman–Crippen LogP) is 2.80. The molecule has 15 heavy (non-hydrogen) atoms. The van der Waals surface area contributed by atoms with E-state index >= 15 is 0 Å². The zero-order chi connectivity index (χ0) is 10.3. The summed E-state index contributed by atoms with van der Waals surface area (Å²) in [6, 6.07) is 5.68. The van der Waals surface area contributed by atoms with Crippen LogP contribution < -0.4 is 0 Å². The molecule has 0 aromatic carbocycles. The van der Waals surface area contributed by atoms with Crippen LogP contribution in [0.25, 0.3) is 5.82 Å². The Labute approximate surface area is 92.7 Å². The van der Waals surface area contributed by atoms with Gasteiger partial charge in [-0.25, -0.2) is 9.67 Å². The highest BCUT2D eigenvalue weighted by Crippen LogP contribution is 2.39. The molecule has 1 fully saturated rings. The fraction of sp³-hybridized carbons (Fsp3) is 0.273. The van der Waals surface area contributed by atoms with Crippen LogP contribution in [0.4, 0.5) is 0 Å². The van der Waals surface area contributed by atoms with Crippen molar-refractivity contribution in [1.82, 2.24) is 14.8 Å². The molecule has 0 atom stereocenters. The predicted molar refractivity (Wildman–Crippen MR) is 58.3 cm³/mol. The second-order valence-corrected chi connectivity index (χ2v) is 4.18. The Kier molecular flexibility index (Phi) is 1.99. The van der Waals surface area contributed by atoms with E-state index in [9.17, 15) is 0 Å². The van der Waals surface area contributed by atoms with E-state index in [1.807, 2.05) is 24.4 Å². The van der Waals surface area contributed by atoms with Crippen molar-refractivity contribution < 1.29 is 0 Å². The first kappa shape index (κ1) is 8.92. The minimum Gasteiger partial charge on any atom is -0.236 e. The highest BCUT2D eigenvalue weighted by atomic mass is 35.5. The molecule has 1 aliphatic rings. The SMILES string of the molecule is Clc1cccnc1-n1ccc(C2CC2)n1. The van der Waals surface area contributed by atoms with Gasteiger partial charge in [0.1, 0.15) is 0 Å². The van der Waals surface area contributed by atoms with Gasteiger partial charge in [-0.3, -0.25) is 0 Å². The third-order valence-corrected chi connectivity index (χ3v) is 2.86. The molecule has 0 bridgehead atoms. The monoisotopic (exact) mass is 219 g/mol. The van der Waals surface area contributed by atoms with Crippen molar-refractivity contribution in [3.05, 3.63) is 41.3 Å². The summed E-state index contributed by atoms with van der Waals surface area (Å²) in [6.07, 6.45) is 6.15. The lowest BCUT2D eigenvalue weighted by Gasteiger charge is -2.01. The number of hydrogen-bond acceptors (Lipinski definition) is 2. The Morgan fingerprint density at radius 3 is 2.93 bits per heavy atom. The van der Waals surface area contributed by atoms with Crippen LogP contribution in [0.1, 0.15) is 24.5 Å². The number of hydrogen-bond donors (Lipinski definition) is 0. The highest BCUT2D eigenvalue weighted by molar-refractivity contribution is 6.32. The maximum Gasteiger partial charge on any atom is 0.172 e. The van der Waals surface area contributed by atoms with Crippen molar-refractivity contribution in [2.45, 2.75) is 18.8 Å². The second kappa shape index (κ2) is 3.35. The maximum atomic E-state index is 6.04. The van der Waals surface area contributed by atoms with E-state index in [2.05, 4.69) is 10.1 Å². The van der Waals surface area contributed by atoms with Crippen LogP contribution >= 0.6 is 11.6 Å². The molecule has 2 aromatic heterocycles. The fourth-order valence-corrected chi connectivity index (χ4v) is 1.81. The normalized spacial score (nSPS) is 15.5. The van der Waals surface area contributed by atoms with E-state index in [-0.39, 0.29) is 0 Å². The molecule has 0 N–H and O–H groups in total. The number of rotatable bonds is 2. The van der Waals surface area contributed by atoms with Crippen LogP contribution in [-0.4, -0.2) is 14.8 Å². The van der Waals surface area contributed by atoms with Gasteiger partial charge in [0.05, 0.1) is 10.7 Å². The zero-order valence-corrected chi connectivity index (χ0v) is 8.85. The molecular weight excluding hydrogens is 210 g/mol. The molecule has 76 valence electrons. The van der Waals surface area contributed by atoms with Crippen LogP contribution in [-0.2, 0) is 0 Å². The molecule has 2 aromatic rings. The average Bonchev–Trinajstić information content (AvgIpc) is 2.99. The topological polar surface area (TPSA) is 30.7 Å². The molecule has 1 aliphatic carbocycles. The van der Waals surface area contributed by atoms with Gasteiger partial charge in [-0.1, -0.05) is 11.6 Å². The molecule has 0 radical (unpaired) electrons. The van der Waals surface area contributed by atoms with Crippen molar-refractivity contribution >= 4 is 11.6 Å². The first-order chi connectivity index (χ1) is 7.34. The Hall–Kier alpha value is -1.35. The summed E-state index contributed by atoms with van der Waals surface area (Å²) >= 11 is 6.04. The summed E-state index contributed by atoms with van der Waals surface area (Å²) in [5.74, 6) is 1.36. The molecule has 0 spiro atoms. The third kappa shape index (κ3) is 1.63.